The Morgan fingerprint density at radius 2 is 2.13 bits per heavy atom. The maximum absolute atomic E-state index is 11.5. The first-order valence-electron chi connectivity index (χ1n) is 4.78. The maximum atomic E-state index is 11.5. The minimum Gasteiger partial charge on any atom is -0.294 e. The number of aromatic nitrogens is 2. The van der Waals surface area contributed by atoms with Crippen LogP contribution in [0.2, 0.25) is 0 Å². The van der Waals surface area contributed by atoms with E-state index < -0.39 is 11.2 Å². The van der Waals surface area contributed by atoms with Crippen molar-refractivity contribution in [2.24, 2.45) is 0 Å². The summed E-state index contributed by atoms with van der Waals surface area (Å²) in [7, 11) is 0. The summed E-state index contributed by atoms with van der Waals surface area (Å²) in [5, 5.41) is 8.78. The molecule has 1 aromatic heterocycles. The molecule has 0 spiro atoms. The molecular formula is C10H13N3O2. The van der Waals surface area contributed by atoms with Crippen molar-refractivity contribution in [3.63, 3.8) is 0 Å². The molecule has 0 bridgehead atoms. The highest BCUT2D eigenvalue weighted by Gasteiger charge is 2.13. The van der Waals surface area contributed by atoms with E-state index in [1.165, 1.54) is 4.57 Å². The molecule has 0 aliphatic heterocycles. The number of nitrogens with one attached hydrogen (secondary N) is 1. The minimum absolute atomic E-state index is 0.00917. The molecule has 80 valence electrons. The van der Waals surface area contributed by atoms with Crippen molar-refractivity contribution in [2.75, 3.05) is 0 Å². The number of aromatic amines is 1. The van der Waals surface area contributed by atoms with Crippen LogP contribution in [0, 0.1) is 18.3 Å². The van der Waals surface area contributed by atoms with Crippen molar-refractivity contribution >= 4 is 0 Å². The Labute approximate surface area is 87.0 Å². The average molecular weight is 207 g/mol. The molecule has 0 radical (unpaired) electrons. The molecule has 0 aromatic carbocycles. The Hall–Kier alpha value is -1.83. The minimum atomic E-state index is -0.612. The lowest BCUT2D eigenvalue weighted by molar-refractivity contribution is 0.489. The Bertz CT molecular complexity index is 519. The molecule has 1 aromatic rings. The third-order valence-corrected chi connectivity index (χ3v) is 2.53. The van der Waals surface area contributed by atoms with Crippen molar-refractivity contribution in [3.8, 4) is 6.07 Å². The lowest BCUT2D eigenvalue weighted by Crippen LogP contribution is -2.35. The van der Waals surface area contributed by atoms with Gasteiger partial charge in [0.25, 0.3) is 5.56 Å². The molecule has 0 saturated heterocycles. The number of H-pyrrole nitrogens is 1. The fourth-order valence-corrected chi connectivity index (χ4v) is 1.50. The Balaban J connectivity index is 3.62. The van der Waals surface area contributed by atoms with Gasteiger partial charge >= 0.3 is 5.69 Å². The summed E-state index contributed by atoms with van der Waals surface area (Å²) in [5.41, 5.74) is -0.624. The Morgan fingerprint density at radius 3 is 2.60 bits per heavy atom. The van der Waals surface area contributed by atoms with Gasteiger partial charge in [0, 0.05) is 11.7 Å². The van der Waals surface area contributed by atoms with Crippen LogP contribution in [0.25, 0.3) is 0 Å². The van der Waals surface area contributed by atoms with Gasteiger partial charge in [-0.3, -0.25) is 14.3 Å². The predicted molar refractivity (Wildman–Crippen MR) is 55.8 cm³/mol. The quantitative estimate of drug-likeness (QED) is 0.774. The van der Waals surface area contributed by atoms with Crippen LogP contribution in [0.15, 0.2) is 9.59 Å². The zero-order valence-corrected chi connectivity index (χ0v) is 9.00. The van der Waals surface area contributed by atoms with Gasteiger partial charge in [0.1, 0.15) is 11.6 Å². The zero-order chi connectivity index (χ0) is 11.6. The molecule has 0 aliphatic carbocycles. The highest BCUT2D eigenvalue weighted by molar-refractivity contribution is 5.30. The summed E-state index contributed by atoms with van der Waals surface area (Å²) in [6.45, 7) is 5.42. The van der Waals surface area contributed by atoms with Gasteiger partial charge in [0.05, 0.1) is 0 Å². The van der Waals surface area contributed by atoms with Crippen LogP contribution in [0.3, 0.4) is 0 Å². The van der Waals surface area contributed by atoms with E-state index in [1.54, 1.807) is 13.0 Å². The van der Waals surface area contributed by atoms with Gasteiger partial charge in [-0.2, -0.15) is 5.26 Å². The van der Waals surface area contributed by atoms with Crippen LogP contribution in [-0.2, 0) is 0 Å². The number of nitriles is 1. The first-order valence-corrected chi connectivity index (χ1v) is 4.78. The van der Waals surface area contributed by atoms with E-state index in [-0.39, 0.29) is 11.6 Å². The molecule has 1 atom stereocenters. The van der Waals surface area contributed by atoms with Gasteiger partial charge in [-0.15, -0.1) is 0 Å². The van der Waals surface area contributed by atoms with Crippen molar-refractivity contribution < 1.29 is 0 Å². The summed E-state index contributed by atoms with van der Waals surface area (Å²) in [6.07, 6.45) is 0.762. The van der Waals surface area contributed by atoms with Crippen molar-refractivity contribution in [3.05, 3.63) is 32.1 Å². The van der Waals surface area contributed by atoms with E-state index in [2.05, 4.69) is 4.98 Å². The number of nitrogens with zero attached hydrogens (tertiary/aromatic N) is 2. The van der Waals surface area contributed by atoms with Gasteiger partial charge in [0.15, 0.2) is 0 Å². The standard InChI is InChI=1S/C10H13N3O2/c1-4-6(2)13-7(3)8(5-11)9(14)12-10(13)15/h6H,4H2,1-3H3,(H,12,14,15). The van der Waals surface area contributed by atoms with Crippen molar-refractivity contribution in [2.45, 2.75) is 33.2 Å². The van der Waals surface area contributed by atoms with Gasteiger partial charge in [-0.1, -0.05) is 6.92 Å². The van der Waals surface area contributed by atoms with E-state index in [1.807, 2.05) is 13.8 Å². The summed E-state index contributed by atoms with van der Waals surface area (Å²) >= 11 is 0. The second kappa shape index (κ2) is 4.13. The lowest BCUT2D eigenvalue weighted by atomic mass is 10.2. The second-order valence-electron chi connectivity index (χ2n) is 3.46. The molecule has 0 amide bonds. The smallest absolute Gasteiger partial charge is 0.294 e. The molecule has 1 rings (SSSR count). The predicted octanol–water partition coefficient (Wildman–Crippen LogP) is 0.688. The summed E-state index contributed by atoms with van der Waals surface area (Å²) in [5.74, 6) is 0. The van der Waals surface area contributed by atoms with Crippen LogP contribution >= 0.6 is 0 Å². The molecule has 1 N–H and O–H groups in total. The second-order valence-corrected chi connectivity index (χ2v) is 3.46. The molecule has 5 heteroatoms. The molecule has 0 saturated carbocycles. The summed E-state index contributed by atoms with van der Waals surface area (Å²) in [6, 6.07) is 1.78. The van der Waals surface area contributed by atoms with E-state index >= 15 is 0 Å². The summed E-state index contributed by atoms with van der Waals surface area (Å²) < 4.78 is 1.44. The first kappa shape index (κ1) is 11.2. The Morgan fingerprint density at radius 1 is 1.53 bits per heavy atom. The molecule has 1 unspecified atom stereocenters. The Kier molecular flexibility index (Phi) is 3.10. The van der Waals surface area contributed by atoms with Gasteiger partial charge in [-0.25, -0.2) is 4.79 Å². The molecule has 0 fully saturated rings. The lowest BCUT2D eigenvalue weighted by Gasteiger charge is -2.15. The molecular weight excluding hydrogens is 194 g/mol. The van der Waals surface area contributed by atoms with Gasteiger partial charge in [-0.05, 0) is 20.3 Å². The van der Waals surface area contributed by atoms with Crippen molar-refractivity contribution in [1.82, 2.24) is 9.55 Å². The topological polar surface area (TPSA) is 78.7 Å². The number of rotatable bonds is 2. The van der Waals surface area contributed by atoms with E-state index in [9.17, 15) is 9.59 Å². The molecule has 5 nitrogen and oxygen atoms in total. The fraction of sp³-hybridized carbons (Fsp3) is 0.500. The monoisotopic (exact) mass is 207 g/mol. The van der Waals surface area contributed by atoms with Crippen LogP contribution < -0.4 is 11.2 Å². The van der Waals surface area contributed by atoms with Crippen LogP contribution in [0.5, 0.6) is 0 Å². The van der Waals surface area contributed by atoms with Gasteiger partial charge in [0.2, 0.25) is 0 Å². The molecule has 1 heterocycles. The normalized spacial score (nSPS) is 12.1. The largest absolute Gasteiger partial charge is 0.328 e. The average Bonchev–Trinajstić information content (AvgIpc) is 2.17. The zero-order valence-electron chi connectivity index (χ0n) is 9.00. The van der Waals surface area contributed by atoms with E-state index in [4.69, 9.17) is 5.26 Å². The third-order valence-electron chi connectivity index (χ3n) is 2.53. The van der Waals surface area contributed by atoms with E-state index in [0.717, 1.165) is 6.42 Å². The maximum Gasteiger partial charge on any atom is 0.328 e. The van der Waals surface area contributed by atoms with Gasteiger partial charge < -0.3 is 0 Å². The number of hydrogen-bond acceptors (Lipinski definition) is 3. The summed E-state index contributed by atoms with van der Waals surface area (Å²) in [4.78, 5) is 24.9. The highest BCUT2D eigenvalue weighted by atomic mass is 16.2. The van der Waals surface area contributed by atoms with Crippen LogP contribution in [-0.4, -0.2) is 9.55 Å². The van der Waals surface area contributed by atoms with E-state index in [0.29, 0.717) is 5.69 Å². The first-order chi connectivity index (χ1) is 7.02. The third kappa shape index (κ3) is 1.84. The molecule has 0 aliphatic rings. The fourth-order valence-electron chi connectivity index (χ4n) is 1.50. The SMILES string of the molecule is CCC(C)n1c(C)c(C#N)c(=O)[nH]c1=O. The van der Waals surface area contributed by atoms with Crippen molar-refractivity contribution in [1.29, 1.82) is 5.26 Å². The van der Waals surface area contributed by atoms with Crippen LogP contribution in [0.1, 0.15) is 37.6 Å². The molecule has 15 heavy (non-hydrogen) atoms. The number of hydrogen-bond donors (Lipinski definition) is 1. The highest BCUT2D eigenvalue weighted by Crippen LogP contribution is 2.10. The van der Waals surface area contributed by atoms with Crippen LogP contribution in [0.4, 0.5) is 0 Å².